The number of ether oxygens (including phenoxy) is 1. The number of carbonyl (C=O) groups is 1. The molecule has 3 aromatic heterocycles. The standard InChI is InChI=1S/C17H15F3N4O3/c1-10-8-26-3-2-23(10)16(25)13-5-22-15-12(14-6-21-9-27-14)4-11(7-24(13)15)17(18,19)20/h4-7,9-10H,2-3,8H2,1H3. The number of nitrogens with zero attached hydrogens (tertiary/aromatic N) is 4. The molecule has 1 aliphatic rings. The number of morpholine rings is 1. The lowest BCUT2D eigenvalue weighted by atomic mass is 10.1. The zero-order chi connectivity index (χ0) is 19.2. The van der Waals surface area contributed by atoms with Crippen LogP contribution in [0.15, 0.2) is 35.5 Å². The maximum atomic E-state index is 13.4. The number of halogens is 3. The molecule has 1 saturated heterocycles. The van der Waals surface area contributed by atoms with Crippen LogP contribution in [0.5, 0.6) is 0 Å². The van der Waals surface area contributed by atoms with Crippen molar-refractivity contribution in [3.8, 4) is 11.3 Å². The number of hydrogen-bond donors (Lipinski definition) is 0. The minimum atomic E-state index is -4.60. The van der Waals surface area contributed by atoms with E-state index in [1.165, 1.54) is 12.4 Å². The van der Waals surface area contributed by atoms with Crippen LogP contribution >= 0.6 is 0 Å². The van der Waals surface area contributed by atoms with Gasteiger partial charge in [0, 0.05) is 12.7 Å². The molecule has 0 bridgehead atoms. The number of imidazole rings is 1. The first kappa shape index (κ1) is 17.5. The van der Waals surface area contributed by atoms with Gasteiger partial charge in [-0.25, -0.2) is 9.97 Å². The molecule has 0 spiro atoms. The number of pyridine rings is 1. The summed E-state index contributed by atoms with van der Waals surface area (Å²) in [6, 6.07) is 0.755. The molecule has 1 amide bonds. The van der Waals surface area contributed by atoms with E-state index in [1.54, 1.807) is 4.90 Å². The van der Waals surface area contributed by atoms with Gasteiger partial charge in [-0.05, 0) is 13.0 Å². The van der Waals surface area contributed by atoms with Crippen LogP contribution in [0, 0.1) is 0 Å². The minimum absolute atomic E-state index is 0.0469. The van der Waals surface area contributed by atoms with Crippen molar-refractivity contribution >= 4 is 11.6 Å². The maximum absolute atomic E-state index is 13.4. The number of carbonyl (C=O) groups excluding carboxylic acids is 1. The Bertz CT molecular complexity index is 981. The lowest BCUT2D eigenvalue weighted by Gasteiger charge is -2.33. The molecule has 0 radical (unpaired) electrons. The maximum Gasteiger partial charge on any atom is 0.417 e. The van der Waals surface area contributed by atoms with E-state index in [9.17, 15) is 18.0 Å². The number of oxazole rings is 1. The Morgan fingerprint density at radius 3 is 2.81 bits per heavy atom. The Morgan fingerprint density at radius 2 is 2.15 bits per heavy atom. The van der Waals surface area contributed by atoms with Crippen molar-refractivity contribution in [3.63, 3.8) is 0 Å². The van der Waals surface area contributed by atoms with Gasteiger partial charge in [0.25, 0.3) is 5.91 Å². The summed E-state index contributed by atoms with van der Waals surface area (Å²) in [6.45, 7) is 2.94. The van der Waals surface area contributed by atoms with Crippen LogP contribution < -0.4 is 0 Å². The Morgan fingerprint density at radius 1 is 1.33 bits per heavy atom. The van der Waals surface area contributed by atoms with E-state index >= 15 is 0 Å². The van der Waals surface area contributed by atoms with Gasteiger partial charge < -0.3 is 14.1 Å². The SMILES string of the molecule is CC1COCCN1C(=O)c1cnc2c(-c3cnco3)cc(C(F)(F)F)cn12. The molecule has 1 fully saturated rings. The molecule has 4 heterocycles. The van der Waals surface area contributed by atoms with Gasteiger partial charge >= 0.3 is 6.18 Å². The molecular weight excluding hydrogens is 365 g/mol. The van der Waals surface area contributed by atoms with Crippen LogP contribution in [-0.2, 0) is 10.9 Å². The average molecular weight is 380 g/mol. The first-order valence-electron chi connectivity index (χ1n) is 8.22. The number of amides is 1. The van der Waals surface area contributed by atoms with E-state index in [0.717, 1.165) is 23.1 Å². The fraction of sp³-hybridized carbons (Fsp3) is 0.353. The van der Waals surface area contributed by atoms with Crippen molar-refractivity contribution in [3.05, 3.63) is 42.3 Å². The zero-order valence-corrected chi connectivity index (χ0v) is 14.2. The molecule has 10 heteroatoms. The predicted octanol–water partition coefficient (Wildman–Crippen LogP) is 2.87. The Kier molecular flexibility index (Phi) is 4.14. The molecule has 3 aromatic rings. The van der Waals surface area contributed by atoms with Crippen LogP contribution in [0.2, 0.25) is 0 Å². The molecule has 0 saturated carbocycles. The Labute approximate surface area is 151 Å². The summed E-state index contributed by atoms with van der Waals surface area (Å²) in [5.41, 5.74) is -0.575. The molecule has 1 aliphatic heterocycles. The van der Waals surface area contributed by atoms with E-state index < -0.39 is 17.6 Å². The second kappa shape index (κ2) is 6.38. The molecule has 7 nitrogen and oxygen atoms in total. The normalized spacial score (nSPS) is 18.2. The van der Waals surface area contributed by atoms with Crippen molar-refractivity contribution in [2.24, 2.45) is 0 Å². The smallest absolute Gasteiger partial charge is 0.417 e. The van der Waals surface area contributed by atoms with E-state index in [0.29, 0.717) is 19.8 Å². The second-order valence-electron chi connectivity index (χ2n) is 6.27. The topological polar surface area (TPSA) is 72.9 Å². The van der Waals surface area contributed by atoms with Crippen molar-refractivity contribution in [2.45, 2.75) is 19.1 Å². The molecule has 0 aliphatic carbocycles. The minimum Gasteiger partial charge on any atom is -0.443 e. The van der Waals surface area contributed by atoms with E-state index in [1.807, 2.05) is 6.92 Å². The van der Waals surface area contributed by atoms with Crippen molar-refractivity contribution in [1.29, 1.82) is 0 Å². The van der Waals surface area contributed by atoms with Crippen LogP contribution in [-0.4, -0.2) is 51.0 Å². The lowest BCUT2D eigenvalue weighted by Crippen LogP contribution is -2.47. The summed E-state index contributed by atoms with van der Waals surface area (Å²) in [4.78, 5) is 22.4. The molecule has 0 N–H and O–H groups in total. The Hall–Kier alpha value is -2.88. The summed E-state index contributed by atoms with van der Waals surface area (Å²) in [5.74, 6) is -0.267. The third-order valence-corrected chi connectivity index (χ3v) is 4.48. The van der Waals surface area contributed by atoms with Crippen molar-refractivity contribution < 1.29 is 27.1 Å². The van der Waals surface area contributed by atoms with Gasteiger partial charge in [-0.15, -0.1) is 0 Å². The summed E-state index contributed by atoms with van der Waals surface area (Å²) in [7, 11) is 0. The van der Waals surface area contributed by atoms with Crippen molar-refractivity contribution in [1.82, 2.24) is 19.3 Å². The van der Waals surface area contributed by atoms with Crippen molar-refractivity contribution in [2.75, 3.05) is 19.8 Å². The number of alkyl halides is 3. The van der Waals surface area contributed by atoms with Gasteiger partial charge in [0.15, 0.2) is 12.2 Å². The van der Waals surface area contributed by atoms with E-state index in [4.69, 9.17) is 9.15 Å². The quantitative estimate of drug-likeness (QED) is 0.684. The first-order valence-corrected chi connectivity index (χ1v) is 8.22. The zero-order valence-electron chi connectivity index (χ0n) is 14.2. The first-order chi connectivity index (χ1) is 12.9. The third kappa shape index (κ3) is 3.05. The highest BCUT2D eigenvalue weighted by atomic mass is 19.4. The van der Waals surface area contributed by atoms with E-state index in [-0.39, 0.29) is 28.7 Å². The summed E-state index contributed by atoms with van der Waals surface area (Å²) in [5, 5.41) is 0. The highest BCUT2D eigenvalue weighted by Gasteiger charge is 2.34. The van der Waals surface area contributed by atoms with Gasteiger partial charge in [0.05, 0.1) is 42.8 Å². The number of fused-ring (bicyclic) bond motifs is 1. The average Bonchev–Trinajstić information content (AvgIpc) is 3.30. The van der Waals surface area contributed by atoms with Gasteiger partial charge in [-0.1, -0.05) is 0 Å². The number of aromatic nitrogens is 3. The van der Waals surface area contributed by atoms with Gasteiger partial charge in [-0.2, -0.15) is 13.2 Å². The highest BCUT2D eigenvalue weighted by Crippen LogP contribution is 2.34. The number of hydrogen-bond acceptors (Lipinski definition) is 5. The summed E-state index contributed by atoms with van der Waals surface area (Å²) in [6.07, 6.45) is -0.0214. The summed E-state index contributed by atoms with van der Waals surface area (Å²) >= 11 is 0. The predicted molar refractivity (Wildman–Crippen MR) is 87.0 cm³/mol. The van der Waals surface area contributed by atoms with E-state index in [2.05, 4.69) is 9.97 Å². The molecule has 1 atom stereocenters. The largest absolute Gasteiger partial charge is 0.443 e. The molecule has 0 aromatic carbocycles. The molecular formula is C17H15F3N4O3. The highest BCUT2D eigenvalue weighted by molar-refractivity contribution is 5.94. The number of rotatable bonds is 2. The monoisotopic (exact) mass is 380 g/mol. The molecule has 4 rings (SSSR count). The van der Waals surface area contributed by atoms with Crippen LogP contribution in [0.25, 0.3) is 17.0 Å². The van der Waals surface area contributed by atoms with Gasteiger partial charge in [0.2, 0.25) is 0 Å². The third-order valence-electron chi connectivity index (χ3n) is 4.48. The van der Waals surface area contributed by atoms with Crippen LogP contribution in [0.4, 0.5) is 13.2 Å². The lowest BCUT2D eigenvalue weighted by molar-refractivity contribution is -0.137. The van der Waals surface area contributed by atoms with Crippen LogP contribution in [0.1, 0.15) is 23.0 Å². The summed E-state index contributed by atoms with van der Waals surface area (Å²) < 4.78 is 51.8. The fourth-order valence-electron chi connectivity index (χ4n) is 3.11. The van der Waals surface area contributed by atoms with Gasteiger partial charge in [0.1, 0.15) is 11.3 Å². The molecule has 142 valence electrons. The Balaban J connectivity index is 1.88. The molecule has 27 heavy (non-hydrogen) atoms. The van der Waals surface area contributed by atoms with Gasteiger partial charge in [-0.3, -0.25) is 9.20 Å². The second-order valence-corrected chi connectivity index (χ2v) is 6.27. The van der Waals surface area contributed by atoms with Crippen LogP contribution in [0.3, 0.4) is 0 Å². The molecule has 1 unspecified atom stereocenters. The fourth-order valence-corrected chi connectivity index (χ4v) is 3.11.